The summed E-state index contributed by atoms with van der Waals surface area (Å²) in [7, 11) is -1.98. The number of benzene rings is 1. The fourth-order valence-electron chi connectivity index (χ4n) is 1.94. The maximum absolute atomic E-state index is 12.7. The number of aliphatic hydroxyl groups is 1. The van der Waals surface area contributed by atoms with Crippen LogP contribution in [-0.2, 0) is 10.0 Å². The van der Waals surface area contributed by atoms with Gasteiger partial charge in [-0.25, -0.2) is 12.7 Å². The van der Waals surface area contributed by atoms with E-state index in [0.29, 0.717) is 18.0 Å². The Morgan fingerprint density at radius 3 is 2.62 bits per heavy atom. The van der Waals surface area contributed by atoms with Gasteiger partial charge in [0, 0.05) is 19.2 Å². The first-order valence-corrected chi connectivity index (χ1v) is 8.43. The molecule has 1 unspecified atom stereocenters. The van der Waals surface area contributed by atoms with Crippen LogP contribution in [0.25, 0.3) is 0 Å². The third-order valence-corrected chi connectivity index (χ3v) is 5.27. The number of aryl methyl sites for hydroxylation is 1. The molecule has 5 heteroatoms. The number of aliphatic hydroxyl groups excluding tert-OH is 1. The summed E-state index contributed by atoms with van der Waals surface area (Å²) in [5.74, 6) is 5.54. The molecular weight excluding hydrogens is 286 g/mol. The Morgan fingerprint density at radius 2 is 2.05 bits per heavy atom. The van der Waals surface area contributed by atoms with Crippen LogP contribution in [0.2, 0.25) is 0 Å². The fraction of sp³-hybridized carbons (Fsp3) is 0.500. The highest BCUT2D eigenvalue weighted by molar-refractivity contribution is 7.89. The smallest absolute Gasteiger partial charge is 0.244 e. The monoisotopic (exact) mass is 309 g/mol. The molecule has 1 aromatic rings. The van der Waals surface area contributed by atoms with Crippen molar-refractivity contribution in [2.75, 3.05) is 20.2 Å². The Hall–Kier alpha value is -1.35. The summed E-state index contributed by atoms with van der Waals surface area (Å²) < 4.78 is 26.7. The van der Waals surface area contributed by atoms with E-state index in [4.69, 9.17) is 5.11 Å². The van der Waals surface area contributed by atoms with Gasteiger partial charge in [0.2, 0.25) is 10.0 Å². The highest BCUT2D eigenvalue weighted by Gasteiger charge is 2.24. The molecule has 0 saturated heterocycles. The average molecular weight is 309 g/mol. The van der Waals surface area contributed by atoms with Crippen molar-refractivity contribution in [3.8, 4) is 11.8 Å². The molecule has 1 rings (SSSR count). The Kier molecular flexibility index (Phi) is 6.41. The Bertz CT molecular complexity index is 641. The Balaban J connectivity index is 3.24. The average Bonchev–Trinajstić information content (AvgIpc) is 2.44. The molecule has 0 heterocycles. The number of hydrogen-bond donors (Lipinski definition) is 1. The lowest BCUT2D eigenvalue weighted by atomic mass is 10.1. The van der Waals surface area contributed by atoms with Crippen LogP contribution in [0, 0.1) is 24.7 Å². The minimum absolute atomic E-state index is 0.194. The SMILES string of the molecule is CCC(C)CN(C)S(=O)(=O)c1ccc(C)cc1C#CCO. The van der Waals surface area contributed by atoms with E-state index in [1.807, 2.05) is 20.8 Å². The summed E-state index contributed by atoms with van der Waals surface area (Å²) in [4.78, 5) is 0.194. The van der Waals surface area contributed by atoms with E-state index in [1.165, 1.54) is 4.31 Å². The van der Waals surface area contributed by atoms with Gasteiger partial charge in [-0.1, -0.05) is 38.2 Å². The van der Waals surface area contributed by atoms with E-state index in [9.17, 15) is 8.42 Å². The lowest BCUT2D eigenvalue weighted by Gasteiger charge is -2.21. The van der Waals surface area contributed by atoms with Crippen LogP contribution in [0.5, 0.6) is 0 Å². The van der Waals surface area contributed by atoms with E-state index in [0.717, 1.165) is 12.0 Å². The van der Waals surface area contributed by atoms with Crippen LogP contribution in [0.3, 0.4) is 0 Å². The van der Waals surface area contributed by atoms with Gasteiger partial charge < -0.3 is 5.11 Å². The summed E-state index contributed by atoms with van der Waals surface area (Å²) in [5.41, 5.74) is 1.36. The predicted molar refractivity (Wildman–Crippen MR) is 84.4 cm³/mol. The lowest BCUT2D eigenvalue weighted by Crippen LogP contribution is -2.31. The molecule has 4 nitrogen and oxygen atoms in total. The standard InChI is InChI=1S/C16H23NO3S/c1-5-13(2)12-17(4)21(19,20)16-9-8-14(3)11-15(16)7-6-10-18/h8-9,11,13,18H,5,10,12H2,1-4H3. The molecule has 1 aromatic carbocycles. The quantitative estimate of drug-likeness (QED) is 0.847. The second kappa shape index (κ2) is 7.60. The van der Waals surface area contributed by atoms with E-state index < -0.39 is 10.0 Å². The summed E-state index contributed by atoms with van der Waals surface area (Å²) in [6.07, 6.45) is 0.922. The Morgan fingerprint density at radius 1 is 1.38 bits per heavy atom. The lowest BCUT2D eigenvalue weighted by molar-refractivity contribution is 0.350. The van der Waals surface area contributed by atoms with Crippen molar-refractivity contribution in [1.29, 1.82) is 0 Å². The van der Waals surface area contributed by atoms with Gasteiger partial charge in [-0.2, -0.15) is 0 Å². The van der Waals surface area contributed by atoms with Crippen molar-refractivity contribution in [1.82, 2.24) is 4.31 Å². The largest absolute Gasteiger partial charge is 0.384 e. The third kappa shape index (κ3) is 4.57. The zero-order valence-corrected chi connectivity index (χ0v) is 13.9. The number of sulfonamides is 1. The molecule has 1 atom stereocenters. The van der Waals surface area contributed by atoms with Crippen molar-refractivity contribution >= 4 is 10.0 Å². The zero-order valence-electron chi connectivity index (χ0n) is 13.0. The van der Waals surface area contributed by atoms with Gasteiger partial charge in [-0.05, 0) is 30.5 Å². The van der Waals surface area contributed by atoms with Crippen LogP contribution in [0.1, 0.15) is 31.4 Å². The molecule has 0 bridgehead atoms. The van der Waals surface area contributed by atoms with Crippen molar-refractivity contribution in [3.63, 3.8) is 0 Å². The summed E-state index contributed by atoms with van der Waals surface area (Å²) in [5, 5.41) is 8.82. The first-order chi connectivity index (χ1) is 9.82. The van der Waals surface area contributed by atoms with Crippen LogP contribution in [-0.4, -0.2) is 38.0 Å². The van der Waals surface area contributed by atoms with E-state index in [-0.39, 0.29) is 11.5 Å². The van der Waals surface area contributed by atoms with Gasteiger partial charge in [-0.3, -0.25) is 0 Å². The molecule has 0 aromatic heterocycles. The molecule has 0 aliphatic carbocycles. The van der Waals surface area contributed by atoms with Crippen molar-refractivity contribution < 1.29 is 13.5 Å². The molecular formula is C16H23NO3S. The molecule has 0 amide bonds. The van der Waals surface area contributed by atoms with Gasteiger partial charge in [0.1, 0.15) is 6.61 Å². The van der Waals surface area contributed by atoms with Crippen LogP contribution in [0.4, 0.5) is 0 Å². The molecule has 0 saturated carbocycles. The van der Waals surface area contributed by atoms with Gasteiger partial charge >= 0.3 is 0 Å². The minimum Gasteiger partial charge on any atom is -0.384 e. The first-order valence-electron chi connectivity index (χ1n) is 6.99. The van der Waals surface area contributed by atoms with Gasteiger partial charge in [0.25, 0.3) is 0 Å². The molecule has 0 fully saturated rings. The highest BCUT2D eigenvalue weighted by Crippen LogP contribution is 2.21. The molecule has 116 valence electrons. The van der Waals surface area contributed by atoms with Gasteiger partial charge in [0.15, 0.2) is 0 Å². The van der Waals surface area contributed by atoms with E-state index in [1.54, 1.807) is 25.2 Å². The molecule has 1 N–H and O–H groups in total. The second-order valence-electron chi connectivity index (χ2n) is 5.26. The van der Waals surface area contributed by atoms with Crippen molar-refractivity contribution in [3.05, 3.63) is 29.3 Å². The van der Waals surface area contributed by atoms with Crippen LogP contribution in [0.15, 0.2) is 23.1 Å². The minimum atomic E-state index is -3.57. The normalized spacial score (nSPS) is 12.9. The van der Waals surface area contributed by atoms with Gasteiger partial charge in [-0.15, -0.1) is 0 Å². The maximum atomic E-state index is 12.7. The van der Waals surface area contributed by atoms with Crippen LogP contribution >= 0.6 is 0 Å². The molecule has 0 spiro atoms. The van der Waals surface area contributed by atoms with Gasteiger partial charge in [0.05, 0.1) is 4.90 Å². The zero-order chi connectivity index (χ0) is 16.0. The molecule has 0 aliphatic rings. The number of rotatable bonds is 5. The highest BCUT2D eigenvalue weighted by atomic mass is 32.2. The maximum Gasteiger partial charge on any atom is 0.244 e. The molecule has 21 heavy (non-hydrogen) atoms. The predicted octanol–water partition coefficient (Wildman–Crippen LogP) is 2.01. The number of hydrogen-bond acceptors (Lipinski definition) is 3. The second-order valence-corrected chi connectivity index (χ2v) is 7.27. The van der Waals surface area contributed by atoms with Crippen molar-refractivity contribution in [2.45, 2.75) is 32.1 Å². The summed E-state index contributed by atoms with van der Waals surface area (Å²) >= 11 is 0. The molecule has 0 radical (unpaired) electrons. The topological polar surface area (TPSA) is 57.6 Å². The Labute approximate surface area is 127 Å². The number of nitrogens with zero attached hydrogens (tertiary/aromatic N) is 1. The van der Waals surface area contributed by atoms with E-state index in [2.05, 4.69) is 11.8 Å². The van der Waals surface area contributed by atoms with Crippen molar-refractivity contribution in [2.24, 2.45) is 5.92 Å². The van der Waals surface area contributed by atoms with E-state index >= 15 is 0 Å². The van der Waals surface area contributed by atoms with Crippen LogP contribution < -0.4 is 0 Å². The summed E-state index contributed by atoms with van der Waals surface area (Å²) in [6, 6.07) is 5.07. The third-order valence-electron chi connectivity index (χ3n) is 3.39. The molecule has 0 aliphatic heterocycles. The first kappa shape index (κ1) is 17.7. The fourth-order valence-corrected chi connectivity index (χ4v) is 3.35. The summed E-state index contributed by atoms with van der Waals surface area (Å²) in [6.45, 7) is 6.11.